The Kier molecular flexibility index (Phi) is 2.31. The van der Waals surface area contributed by atoms with Gasteiger partial charge < -0.3 is 0 Å². The number of aromatic nitrogens is 2. The van der Waals surface area contributed by atoms with Crippen LogP contribution in [0, 0.1) is 5.41 Å². The molecule has 0 radical (unpaired) electrons. The van der Waals surface area contributed by atoms with Gasteiger partial charge in [0.15, 0.2) is 0 Å². The minimum atomic E-state index is 0.385. The Morgan fingerprint density at radius 3 is 2.60 bits per heavy atom. The third kappa shape index (κ3) is 1.54. The fourth-order valence-electron chi connectivity index (χ4n) is 1.77. The summed E-state index contributed by atoms with van der Waals surface area (Å²) in [5.74, 6) is 0.841. The van der Waals surface area contributed by atoms with E-state index in [1.165, 1.54) is 0 Å². The standard InChI is InChI=1S/C12H15N3/c1-8(2)12-10-6-4-5-7-11(10)15(14-12)9(3)13/h4-8,13H,1-3H3. The molecule has 3 heteroatoms. The van der Waals surface area contributed by atoms with E-state index in [0.717, 1.165) is 16.6 Å². The van der Waals surface area contributed by atoms with Crippen LogP contribution in [0.4, 0.5) is 0 Å². The Balaban J connectivity index is 2.79. The first kappa shape index (κ1) is 9.90. The minimum absolute atomic E-state index is 0.385. The predicted octanol–water partition coefficient (Wildman–Crippen LogP) is 3.00. The van der Waals surface area contributed by atoms with Crippen molar-refractivity contribution in [2.75, 3.05) is 0 Å². The van der Waals surface area contributed by atoms with Crippen LogP contribution in [0.5, 0.6) is 0 Å². The van der Waals surface area contributed by atoms with Crippen LogP contribution >= 0.6 is 0 Å². The molecule has 0 saturated carbocycles. The molecule has 0 bridgehead atoms. The molecule has 2 rings (SSSR count). The first-order chi connectivity index (χ1) is 7.11. The summed E-state index contributed by atoms with van der Waals surface area (Å²) in [7, 11) is 0. The van der Waals surface area contributed by atoms with E-state index in [2.05, 4.69) is 25.0 Å². The van der Waals surface area contributed by atoms with Gasteiger partial charge in [-0.25, -0.2) is 4.68 Å². The number of benzene rings is 1. The van der Waals surface area contributed by atoms with E-state index < -0.39 is 0 Å². The van der Waals surface area contributed by atoms with Gasteiger partial charge in [-0.3, -0.25) is 5.41 Å². The van der Waals surface area contributed by atoms with Gasteiger partial charge in [-0.1, -0.05) is 32.0 Å². The van der Waals surface area contributed by atoms with Crippen LogP contribution in [0.3, 0.4) is 0 Å². The number of nitrogens with zero attached hydrogens (tertiary/aromatic N) is 2. The van der Waals surface area contributed by atoms with Crippen molar-refractivity contribution in [2.24, 2.45) is 0 Å². The molecule has 2 aromatic rings. The van der Waals surface area contributed by atoms with Gasteiger partial charge in [0.1, 0.15) is 5.84 Å². The quantitative estimate of drug-likeness (QED) is 0.559. The van der Waals surface area contributed by atoms with Gasteiger partial charge in [0, 0.05) is 5.39 Å². The second-order valence-corrected chi connectivity index (χ2v) is 4.05. The fraction of sp³-hybridized carbons (Fsp3) is 0.333. The zero-order valence-corrected chi connectivity index (χ0v) is 9.28. The predicted molar refractivity (Wildman–Crippen MR) is 62.6 cm³/mol. The molecule has 0 aliphatic heterocycles. The van der Waals surface area contributed by atoms with Crippen molar-refractivity contribution in [3.05, 3.63) is 30.0 Å². The van der Waals surface area contributed by atoms with Gasteiger partial charge in [-0.2, -0.15) is 5.10 Å². The summed E-state index contributed by atoms with van der Waals surface area (Å²) in [5, 5.41) is 13.3. The Bertz CT molecular complexity index is 509. The van der Waals surface area contributed by atoms with E-state index in [1.807, 2.05) is 18.2 Å². The maximum atomic E-state index is 7.67. The monoisotopic (exact) mass is 201 g/mol. The van der Waals surface area contributed by atoms with Crippen molar-refractivity contribution in [2.45, 2.75) is 26.7 Å². The van der Waals surface area contributed by atoms with Crippen molar-refractivity contribution < 1.29 is 0 Å². The van der Waals surface area contributed by atoms with Crippen molar-refractivity contribution in [1.29, 1.82) is 5.41 Å². The first-order valence-corrected chi connectivity index (χ1v) is 5.14. The third-order valence-corrected chi connectivity index (χ3v) is 2.48. The molecule has 0 aliphatic rings. The second-order valence-electron chi connectivity index (χ2n) is 4.05. The lowest BCUT2D eigenvalue weighted by atomic mass is 10.1. The number of fused-ring (bicyclic) bond motifs is 1. The fourth-order valence-corrected chi connectivity index (χ4v) is 1.77. The normalized spacial score (nSPS) is 11.2. The van der Waals surface area contributed by atoms with Gasteiger partial charge in [-0.05, 0) is 18.9 Å². The molecule has 0 fully saturated rings. The average Bonchev–Trinajstić information content (AvgIpc) is 2.56. The highest BCUT2D eigenvalue weighted by Crippen LogP contribution is 2.24. The third-order valence-electron chi connectivity index (χ3n) is 2.48. The summed E-state index contributed by atoms with van der Waals surface area (Å²) in [6.07, 6.45) is 0. The molecule has 0 unspecified atom stereocenters. The van der Waals surface area contributed by atoms with Crippen molar-refractivity contribution in [3.63, 3.8) is 0 Å². The van der Waals surface area contributed by atoms with Gasteiger partial charge in [0.2, 0.25) is 0 Å². The van der Waals surface area contributed by atoms with E-state index in [4.69, 9.17) is 5.41 Å². The molecule has 78 valence electrons. The zero-order chi connectivity index (χ0) is 11.0. The zero-order valence-electron chi connectivity index (χ0n) is 9.28. The van der Waals surface area contributed by atoms with Crippen LogP contribution in [0.15, 0.2) is 24.3 Å². The first-order valence-electron chi connectivity index (χ1n) is 5.14. The summed E-state index contributed by atoms with van der Waals surface area (Å²) in [5.41, 5.74) is 2.09. The Hall–Kier alpha value is -1.64. The van der Waals surface area contributed by atoms with Gasteiger partial charge in [0.05, 0.1) is 11.2 Å². The van der Waals surface area contributed by atoms with E-state index in [-0.39, 0.29) is 0 Å². The van der Waals surface area contributed by atoms with Crippen LogP contribution in [-0.2, 0) is 0 Å². The highest BCUT2D eigenvalue weighted by molar-refractivity contribution is 5.92. The summed E-state index contributed by atoms with van der Waals surface area (Å²) in [6.45, 7) is 6.00. The highest BCUT2D eigenvalue weighted by atomic mass is 15.3. The molecular weight excluding hydrogens is 186 g/mol. The van der Waals surface area contributed by atoms with Crippen LogP contribution in [0.2, 0.25) is 0 Å². The number of para-hydroxylation sites is 1. The molecule has 0 aliphatic carbocycles. The lowest BCUT2D eigenvalue weighted by Crippen LogP contribution is -2.07. The molecule has 3 nitrogen and oxygen atoms in total. The maximum absolute atomic E-state index is 7.67. The van der Waals surface area contributed by atoms with E-state index >= 15 is 0 Å². The lowest BCUT2D eigenvalue weighted by molar-refractivity contribution is 0.790. The molecular formula is C12H15N3. The Morgan fingerprint density at radius 2 is 2.00 bits per heavy atom. The minimum Gasteiger partial charge on any atom is -0.287 e. The van der Waals surface area contributed by atoms with Crippen LogP contribution < -0.4 is 0 Å². The van der Waals surface area contributed by atoms with Gasteiger partial charge >= 0.3 is 0 Å². The number of hydrogen-bond donors (Lipinski definition) is 1. The van der Waals surface area contributed by atoms with Crippen LogP contribution in [-0.4, -0.2) is 15.6 Å². The van der Waals surface area contributed by atoms with E-state index in [0.29, 0.717) is 11.8 Å². The van der Waals surface area contributed by atoms with E-state index in [9.17, 15) is 0 Å². The van der Waals surface area contributed by atoms with Crippen molar-refractivity contribution in [1.82, 2.24) is 9.78 Å². The number of rotatable bonds is 1. The molecule has 1 aromatic heterocycles. The van der Waals surface area contributed by atoms with E-state index in [1.54, 1.807) is 11.6 Å². The molecule has 0 spiro atoms. The molecule has 15 heavy (non-hydrogen) atoms. The smallest absolute Gasteiger partial charge is 0.119 e. The summed E-state index contributed by atoms with van der Waals surface area (Å²) in [6, 6.07) is 8.07. The molecule has 0 amide bonds. The summed E-state index contributed by atoms with van der Waals surface area (Å²) in [4.78, 5) is 0. The SMILES string of the molecule is CC(=N)n1nc(C(C)C)c2ccccc21. The molecule has 1 N–H and O–H groups in total. The second kappa shape index (κ2) is 3.50. The summed E-state index contributed by atoms with van der Waals surface area (Å²) < 4.78 is 1.70. The lowest BCUT2D eigenvalue weighted by Gasteiger charge is -1.99. The topological polar surface area (TPSA) is 41.7 Å². The molecule has 1 heterocycles. The molecule has 0 atom stereocenters. The van der Waals surface area contributed by atoms with Gasteiger partial charge in [-0.15, -0.1) is 0 Å². The number of hydrogen-bond acceptors (Lipinski definition) is 2. The van der Waals surface area contributed by atoms with Crippen LogP contribution in [0.25, 0.3) is 10.9 Å². The van der Waals surface area contributed by atoms with Crippen LogP contribution in [0.1, 0.15) is 32.4 Å². The Morgan fingerprint density at radius 1 is 1.33 bits per heavy atom. The largest absolute Gasteiger partial charge is 0.287 e. The maximum Gasteiger partial charge on any atom is 0.119 e. The van der Waals surface area contributed by atoms with Gasteiger partial charge in [0.25, 0.3) is 0 Å². The van der Waals surface area contributed by atoms with Crippen molar-refractivity contribution >= 4 is 16.7 Å². The average molecular weight is 201 g/mol. The van der Waals surface area contributed by atoms with Crippen molar-refractivity contribution in [3.8, 4) is 0 Å². The Labute approximate surface area is 89.2 Å². The molecule has 1 aromatic carbocycles. The highest BCUT2D eigenvalue weighted by Gasteiger charge is 2.13. The summed E-state index contributed by atoms with van der Waals surface area (Å²) >= 11 is 0. The number of nitrogens with one attached hydrogen (secondary N) is 1. The molecule has 0 saturated heterocycles.